The molecule has 0 atom stereocenters. The number of hydrogen-bond acceptors (Lipinski definition) is 4. The highest BCUT2D eigenvalue weighted by atomic mass is 127. The Hall–Kier alpha value is -2.94. The lowest BCUT2D eigenvalue weighted by Gasteiger charge is -2.11. The third-order valence-electron chi connectivity index (χ3n) is 4.59. The van der Waals surface area contributed by atoms with Crippen LogP contribution in [0.25, 0.3) is 0 Å². The number of anilines is 1. The summed E-state index contributed by atoms with van der Waals surface area (Å²) in [5.74, 6) is 2.67. The Morgan fingerprint density at radius 2 is 1.68 bits per heavy atom. The van der Waals surface area contributed by atoms with E-state index in [1.54, 1.807) is 0 Å². The van der Waals surface area contributed by atoms with Crippen molar-refractivity contribution in [3.05, 3.63) is 83.9 Å². The molecule has 1 heterocycles. The lowest BCUT2D eigenvalue weighted by atomic mass is 10.1. The molecule has 4 rings (SSSR count). The van der Waals surface area contributed by atoms with Gasteiger partial charge in [0, 0.05) is 18.2 Å². The van der Waals surface area contributed by atoms with Gasteiger partial charge in [-0.2, -0.15) is 0 Å². The Bertz CT molecular complexity index is 1010. The fourth-order valence-corrected chi connectivity index (χ4v) is 3.11. The molecule has 0 aromatic heterocycles. The molecule has 0 unspecified atom stereocenters. The zero-order chi connectivity index (χ0) is 20.6. The van der Waals surface area contributed by atoms with Gasteiger partial charge in [-0.05, 0) is 35.4 Å². The van der Waals surface area contributed by atoms with Crippen molar-refractivity contribution >= 4 is 35.6 Å². The summed E-state index contributed by atoms with van der Waals surface area (Å²) in [6, 6.07) is 23.6. The Morgan fingerprint density at radius 1 is 0.903 bits per heavy atom. The number of aliphatic imine (C=N–C) groups is 1. The summed E-state index contributed by atoms with van der Waals surface area (Å²) >= 11 is 0. The maximum atomic E-state index is 6.08. The lowest BCUT2D eigenvalue weighted by molar-refractivity contribution is 0.297. The van der Waals surface area contributed by atoms with Crippen molar-refractivity contribution in [2.75, 3.05) is 18.5 Å². The van der Waals surface area contributed by atoms with Crippen LogP contribution in [0.5, 0.6) is 17.2 Å². The number of halogens is 1. The summed E-state index contributed by atoms with van der Waals surface area (Å²) in [5, 5.41) is 3.11. The average molecular weight is 531 g/mol. The van der Waals surface area contributed by atoms with E-state index in [1.165, 1.54) is 0 Å². The molecule has 0 radical (unpaired) electrons. The molecular formula is C24H26IN3O3. The van der Waals surface area contributed by atoms with E-state index in [1.807, 2.05) is 66.7 Å². The first-order valence-corrected chi connectivity index (χ1v) is 9.98. The second-order valence-electron chi connectivity index (χ2n) is 6.96. The zero-order valence-electron chi connectivity index (χ0n) is 17.1. The van der Waals surface area contributed by atoms with Gasteiger partial charge in [0.05, 0.1) is 19.8 Å². The van der Waals surface area contributed by atoms with Crippen molar-refractivity contribution in [2.45, 2.75) is 19.6 Å². The summed E-state index contributed by atoms with van der Waals surface area (Å²) in [7, 11) is 0. The molecule has 0 saturated heterocycles. The molecule has 3 aromatic carbocycles. The minimum absolute atomic E-state index is 0. The highest BCUT2D eigenvalue weighted by molar-refractivity contribution is 14.0. The molecule has 0 amide bonds. The van der Waals surface area contributed by atoms with Crippen molar-refractivity contribution in [3.8, 4) is 17.2 Å². The Labute approximate surface area is 199 Å². The van der Waals surface area contributed by atoms with E-state index in [2.05, 4.69) is 16.4 Å². The number of nitrogens with one attached hydrogen (secondary N) is 1. The van der Waals surface area contributed by atoms with E-state index in [9.17, 15) is 0 Å². The van der Waals surface area contributed by atoms with Crippen LogP contribution in [0.1, 0.15) is 17.5 Å². The van der Waals surface area contributed by atoms with Gasteiger partial charge in [-0.15, -0.1) is 24.0 Å². The van der Waals surface area contributed by atoms with E-state index < -0.39 is 0 Å². The summed E-state index contributed by atoms with van der Waals surface area (Å²) < 4.78 is 17.2. The summed E-state index contributed by atoms with van der Waals surface area (Å²) in [6.45, 7) is 2.29. The number of guanidine groups is 1. The highest BCUT2D eigenvalue weighted by Gasteiger charge is 2.10. The van der Waals surface area contributed by atoms with Crippen LogP contribution in [-0.4, -0.2) is 19.2 Å². The predicted octanol–water partition coefficient (Wildman–Crippen LogP) is 4.97. The molecule has 0 spiro atoms. The van der Waals surface area contributed by atoms with Crippen molar-refractivity contribution < 1.29 is 14.2 Å². The number of fused-ring (bicyclic) bond motifs is 1. The number of benzene rings is 3. The molecule has 1 aliphatic heterocycles. The van der Waals surface area contributed by atoms with Crippen molar-refractivity contribution in [2.24, 2.45) is 10.7 Å². The first-order chi connectivity index (χ1) is 14.8. The van der Waals surface area contributed by atoms with E-state index in [0.717, 1.165) is 40.5 Å². The molecule has 7 heteroatoms. The Kier molecular flexibility index (Phi) is 8.40. The van der Waals surface area contributed by atoms with Gasteiger partial charge in [0.2, 0.25) is 0 Å². The molecule has 1 aliphatic rings. The van der Waals surface area contributed by atoms with E-state index in [-0.39, 0.29) is 24.0 Å². The summed E-state index contributed by atoms with van der Waals surface area (Å²) in [5.41, 5.74) is 9.03. The van der Waals surface area contributed by atoms with Crippen LogP contribution >= 0.6 is 24.0 Å². The van der Waals surface area contributed by atoms with Crippen molar-refractivity contribution in [1.82, 2.24) is 0 Å². The maximum Gasteiger partial charge on any atom is 0.193 e. The average Bonchev–Trinajstić information content (AvgIpc) is 3.02. The summed E-state index contributed by atoms with van der Waals surface area (Å²) in [6.07, 6.45) is 0.872. The summed E-state index contributed by atoms with van der Waals surface area (Å²) in [4.78, 5) is 4.45. The highest BCUT2D eigenvalue weighted by Crippen LogP contribution is 2.32. The smallest absolute Gasteiger partial charge is 0.193 e. The number of nitrogens with two attached hydrogens (primary N) is 1. The van der Waals surface area contributed by atoms with Gasteiger partial charge >= 0.3 is 0 Å². The number of para-hydroxylation sites is 1. The fraction of sp³-hybridized carbons (Fsp3) is 0.208. The third kappa shape index (κ3) is 6.78. The molecule has 162 valence electrons. The second kappa shape index (κ2) is 11.5. The first kappa shape index (κ1) is 22.7. The Balaban J connectivity index is 0.00000272. The zero-order valence-corrected chi connectivity index (χ0v) is 19.5. The third-order valence-corrected chi connectivity index (χ3v) is 4.59. The number of rotatable bonds is 6. The number of nitrogens with zero attached hydrogens (tertiary/aromatic N) is 1. The molecule has 31 heavy (non-hydrogen) atoms. The van der Waals surface area contributed by atoms with Gasteiger partial charge in [0.15, 0.2) is 17.5 Å². The van der Waals surface area contributed by atoms with Crippen molar-refractivity contribution in [1.29, 1.82) is 0 Å². The fourth-order valence-electron chi connectivity index (χ4n) is 3.11. The van der Waals surface area contributed by atoms with E-state index in [4.69, 9.17) is 19.9 Å². The standard InChI is InChI=1S/C24H25N3O3.HI/c25-24(27-20-10-11-22-23(15-20)29-13-5-12-28-22)26-16-18-6-4-7-19(14-18)17-30-21-8-2-1-3-9-21;/h1-4,6-11,14-15H,5,12-13,16-17H2,(H3,25,26,27);1H. The molecule has 0 fully saturated rings. The monoisotopic (exact) mass is 531 g/mol. The lowest BCUT2D eigenvalue weighted by Crippen LogP contribution is -2.22. The minimum atomic E-state index is 0. The molecule has 0 bridgehead atoms. The minimum Gasteiger partial charge on any atom is -0.490 e. The molecule has 0 saturated carbocycles. The van der Waals surface area contributed by atoms with Gasteiger partial charge in [-0.1, -0.05) is 42.5 Å². The maximum absolute atomic E-state index is 6.08. The SMILES string of the molecule is I.NC(=NCc1cccc(COc2ccccc2)c1)Nc1ccc2c(c1)OCCCO2. The molecule has 0 aliphatic carbocycles. The van der Waals surface area contributed by atoms with Crippen LogP contribution in [0.3, 0.4) is 0 Å². The topological polar surface area (TPSA) is 78.1 Å². The van der Waals surface area contributed by atoms with Crippen LogP contribution in [0.2, 0.25) is 0 Å². The molecule has 3 aromatic rings. The van der Waals surface area contributed by atoms with E-state index in [0.29, 0.717) is 32.3 Å². The van der Waals surface area contributed by atoms with Gasteiger partial charge in [-0.3, -0.25) is 0 Å². The molecule has 6 nitrogen and oxygen atoms in total. The normalized spacial score (nSPS) is 13.0. The van der Waals surface area contributed by atoms with Gasteiger partial charge in [0.25, 0.3) is 0 Å². The molecular weight excluding hydrogens is 505 g/mol. The van der Waals surface area contributed by atoms with Gasteiger partial charge in [-0.25, -0.2) is 4.99 Å². The van der Waals surface area contributed by atoms with Crippen LogP contribution in [0.15, 0.2) is 77.8 Å². The van der Waals surface area contributed by atoms with Crippen LogP contribution in [-0.2, 0) is 13.2 Å². The van der Waals surface area contributed by atoms with Gasteiger partial charge < -0.3 is 25.3 Å². The van der Waals surface area contributed by atoms with E-state index >= 15 is 0 Å². The predicted molar refractivity (Wildman–Crippen MR) is 134 cm³/mol. The Morgan fingerprint density at radius 3 is 2.52 bits per heavy atom. The van der Waals surface area contributed by atoms with Crippen LogP contribution < -0.4 is 25.3 Å². The van der Waals surface area contributed by atoms with Crippen LogP contribution in [0, 0.1) is 0 Å². The van der Waals surface area contributed by atoms with Gasteiger partial charge in [0.1, 0.15) is 12.4 Å². The quantitative estimate of drug-likeness (QED) is 0.267. The van der Waals surface area contributed by atoms with Crippen LogP contribution in [0.4, 0.5) is 5.69 Å². The largest absolute Gasteiger partial charge is 0.490 e. The number of hydrogen-bond donors (Lipinski definition) is 2. The first-order valence-electron chi connectivity index (χ1n) is 9.98. The second-order valence-corrected chi connectivity index (χ2v) is 6.96. The van der Waals surface area contributed by atoms with Crippen molar-refractivity contribution in [3.63, 3.8) is 0 Å². The molecule has 3 N–H and O–H groups in total. The number of ether oxygens (including phenoxy) is 3.